The van der Waals surface area contributed by atoms with E-state index in [4.69, 9.17) is 4.98 Å². The second kappa shape index (κ2) is 5.58. The second-order valence-corrected chi connectivity index (χ2v) is 8.21. The molecule has 3 aromatic heterocycles. The van der Waals surface area contributed by atoms with Gasteiger partial charge < -0.3 is 0 Å². The van der Waals surface area contributed by atoms with Crippen molar-refractivity contribution >= 4 is 11.2 Å². The van der Waals surface area contributed by atoms with Gasteiger partial charge in [0.1, 0.15) is 0 Å². The highest BCUT2D eigenvalue weighted by molar-refractivity contribution is 5.76. The number of imidazole rings is 1. The van der Waals surface area contributed by atoms with Crippen molar-refractivity contribution < 1.29 is 0 Å². The summed E-state index contributed by atoms with van der Waals surface area (Å²) in [5, 5.41) is 4.51. The topological polar surface area (TPSA) is 57.6 Å². The van der Waals surface area contributed by atoms with Crippen LogP contribution in [0.4, 0.5) is 0 Å². The average molecular weight is 339 g/mol. The summed E-state index contributed by atoms with van der Waals surface area (Å²) in [7, 11) is 1.80. The summed E-state index contributed by atoms with van der Waals surface area (Å²) in [6.07, 6.45) is 5.34. The van der Waals surface area contributed by atoms with Crippen molar-refractivity contribution in [1.82, 2.24) is 23.9 Å². The van der Waals surface area contributed by atoms with Crippen molar-refractivity contribution in [3.63, 3.8) is 0 Å². The van der Waals surface area contributed by atoms with Gasteiger partial charge in [0.05, 0.1) is 17.4 Å². The Bertz CT molecular complexity index is 999. The number of fused-ring (bicyclic) bond motifs is 2. The summed E-state index contributed by atoms with van der Waals surface area (Å²) >= 11 is 0. The molecule has 0 N–H and O–H groups in total. The highest BCUT2D eigenvalue weighted by Crippen LogP contribution is 2.28. The van der Waals surface area contributed by atoms with E-state index >= 15 is 0 Å². The Morgan fingerprint density at radius 2 is 2.00 bits per heavy atom. The van der Waals surface area contributed by atoms with E-state index in [2.05, 4.69) is 30.6 Å². The molecule has 6 heteroatoms. The molecule has 0 saturated heterocycles. The zero-order valence-electron chi connectivity index (χ0n) is 15.4. The molecule has 0 aromatic carbocycles. The lowest BCUT2D eigenvalue weighted by molar-refractivity contribution is 0.342. The Labute approximate surface area is 147 Å². The highest BCUT2D eigenvalue weighted by atomic mass is 16.1. The Morgan fingerprint density at radius 1 is 1.20 bits per heavy atom. The van der Waals surface area contributed by atoms with E-state index in [1.807, 2.05) is 22.9 Å². The standard InChI is InChI=1S/C19H25N5O/c1-19(2,3)12-23-16-9-8-14(21-17(16)22(4)18(23)25)13-11-20-24-10-6-5-7-15(13)24/h8-9,11H,5-7,10,12H2,1-4H3. The van der Waals surface area contributed by atoms with Gasteiger partial charge in [-0.25, -0.2) is 9.78 Å². The summed E-state index contributed by atoms with van der Waals surface area (Å²) in [5.74, 6) is 0. The van der Waals surface area contributed by atoms with Crippen molar-refractivity contribution in [2.75, 3.05) is 0 Å². The molecule has 0 unspecified atom stereocenters. The van der Waals surface area contributed by atoms with Crippen molar-refractivity contribution in [2.24, 2.45) is 12.5 Å². The molecule has 1 aliphatic heterocycles. The third kappa shape index (κ3) is 2.69. The van der Waals surface area contributed by atoms with Gasteiger partial charge in [-0.3, -0.25) is 13.8 Å². The van der Waals surface area contributed by atoms with Crippen LogP contribution in [0.1, 0.15) is 39.3 Å². The zero-order chi connectivity index (χ0) is 17.8. The number of nitrogens with zero attached hydrogens (tertiary/aromatic N) is 5. The van der Waals surface area contributed by atoms with E-state index in [0.29, 0.717) is 6.54 Å². The van der Waals surface area contributed by atoms with Gasteiger partial charge in [-0.1, -0.05) is 20.8 Å². The fourth-order valence-corrected chi connectivity index (χ4v) is 3.69. The molecule has 132 valence electrons. The van der Waals surface area contributed by atoms with Gasteiger partial charge in [-0.2, -0.15) is 5.10 Å². The molecule has 0 radical (unpaired) electrons. The lowest BCUT2D eigenvalue weighted by Crippen LogP contribution is -2.27. The third-order valence-corrected chi connectivity index (χ3v) is 4.87. The van der Waals surface area contributed by atoms with Gasteiger partial charge in [-0.05, 0) is 36.8 Å². The Morgan fingerprint density at radius 3 is 2.76 bits per heavy atom. The lowest BCUT2D eigenvalue weighted by Gasteiger charge is -2.18. The normalized spacial score (nSPS) is 14.9. The number of hydrogen-bond donors (Lipinski definition) is 0. The van der Waals surface area contributed by atoms with Crippen LogP contribution in [0.5, 0.6) is 0 Å². The molecule has 0 bridgehead atoms. The number of aryl methyl sites for hydroxylation is 2. The molecule has 0 atom stereocenters. The number of aromatic nitrogens is 5. The molecule has 6 nitrogen and oxygen atoms in total. The van der Waals surface area contributed by atoms with Crippen LogP contribution in [-0.4, -0.2) is 23.9 Å². The van der Waals surface area contributed by atoms with Gasteiger partial charge in [0.2, 0.25) is 0 Å². The van der Waals surface area contributed by atoms with Gasteiger partial charge in [0.15, 0.2) is 5.65 Å². The molecule has 4 rings (SSSR count). The molecule has 3 aromatic rings. The smallest absolute Gasteiger partial charge is 0.290 e. The maximum Gasteiger partial charge on any atom is 0.330 e. The van der Waals surface area contributed by atoms with Crippen LogP contribution in [0.25, 0.3) is 22.4 Å². The fourth-order valence-electron chi connectivity index (χ4n) is 3.69. The van der Waals surface area contributed by atoms with Crippen LogP contribution >= 0.6 is 0 Å². The molecular weight excluding hydrogens is 314 g/mol. The summed E-state index contributed by atoms with van der Waals surface area (Å²) in [6.45, 7) is 8.07. The minimum absolute atomic E-state index is 0.00777. The quantitative estimate of drug-likeness (QED) is 0.721. The predicted molar refractivity (Wildman–Crippen MR) is 98.6 cm³/mol. The Balaban J connectivity index is 1.85. The van der Waals surface area contributed by atoms with Crippen molar-refractivity contribution in [3.05, 3.63) is 34.5 Å². The monoisotopic (exact) mass is 339 g/mol. The van der Waals surface area contributed by atoms with Crippen LogP contribution in [0.2, 0.25) is 0 Å². The first-order chi connectivity index (χ1) is 11.8. The average Bonchev–Trinajstić information content (AvgIpc) is 3.09. The SMILES string of the molecule is Cn1c(=O)n(CC(C)(C)C)c2ccc(-c3cnn4c3CCCC4)nc21. The summed E-state index contributed by atoms with van der Waals surface area (Å²) in [5.41, 5.74) is 4.91. The van der Waals surface area contributed by atoms with Crippen LogP contribution in [0.15, 0.2) is 23.1 Å². The van der Waals surface area contributed by atoms with Crippen molar-refractivity contribution in [1.29, 1.82) is 0 Å². The lowest BCUT2D eigenvalue weighted by atomic mass is 9.97. The largest absolute Gasteiger partial charge is 0.330 e. The van der Waals surface area contributed by atoms with Crippen LogP contribution in [-0.2, 0) is 26.6 Å². The zero-order valence-corrected chi connectivity index (χ0v) is 15.4. The van der Waals surface area contributed by atoms with E-state index < -0.39 is 0 Å². The van der Waals surface area contributed by atoms with E-state index in [9.17, 15) is 4.79 Å². The number of pyridine rings is 1. The summed E-state index contributed by atoms with van der Waals surface area (Å²) in [4.78, 5) is 17.5. The molecular formula is C19H25N5O. The predicted octanol–water partition coefficient (Wildman–Crippen LogP) is 2.98. The van der Waals surface area contributed by atoms with Gasteiger partial charge in [0.25, 0.3) is 0 Å². The van der Waals surface area contributed by atoms with Crippen LogP contribution in [0, 0.1) is 5.41 Å². The van der Waals surface area contributed by atoms with E-state index in [1.165, 1.54) is 18.5 Å². The molecule has 0 saturated carbocycles. The van der Waals surface area contributed by atoms with Crippen molar-refractivity contribution in [3.8, 4) is 11.3 Å². The Kier molecular flexibility index (Phi) is 3.60. The Hall–Kier alpha value is -2.37. The molecule has 0 aliphatic carbocycles. The minimum Gasteiger partial charge on any atom is -0.290 e. The minimum atomic E-state index is -0.00777. The van der Waals surface area contributed by atoms with Crippen molar-refractivity contribution in [2.45, 2.75) is 53.1 Å². The first-order valence-corrected chi connectivity index (χ1v) is 8.96. The van der Waals surface area contributed by atoms with Crippen LogP contribution in [0.3, 0.4) is 0 Å². The van der Waals surface area contributed by atoms with E-state index in [1.54, 1.807) is 11.6 Å². The summed E-state index contributed by atoms with van der Waals surface area (Å²) in [6, 6.07) is 4.05. The second-order valence-electron chi connectivity index (χ2n) is 8.21. The molecule has 0 fully saturated rings. The fraction of sp³-hybridized carbons (Fsp3) is 0.526. The first kappa shape index (κ1) is 16.1. The molecule has 4 heterocycles. The van der Waals surface area contributed by atoms with Crippen LogP contribution < -0.4 is 5.69 Å². The summed E-state index contributed by atoms with van der Waals surface area (Å²) < 4.78 is 5.58. The molecule has 25 heavy (non-hydrogen) atoms. The molecule has 1 aliphatic rings. The molecule has 0 spiro atoms. The van der Waals surface area contributed by atoms with Gasteiger partial charge >= 0.3 is 5.69 Å². The highest BCUT2D eigenvalue weighted by Gasteiger charge is 2.21. The maximum atomic E-state index is 12.7. The number of hydrogen-bond acceptors (Lipinski definition) is 3. The van der Waals surface area contributed by atoms with Gasteiger partial charge in [-0.15, -0.1) is 0 Å². The number of rotatable bonds is 2. The third-order valence-electron chi connectivity index (χ3n) is 4.87. The molecule has 0 amide bonds. The van der Waals surface area contributed by atoms with E-state index in [0.717, 1.165) is 35.4 Å². The maximum absolute atomic E-state index is 12.7. The van der Waals surface area contributed by atoms with E-state index in [-0.39, 0.29) is 11.1 Å². The first-order valence-electron chi connectivity index (χ1n) is 8.96. The van der Waals surface area contributed by atoms with Gasteiger partial charge in [0, 0.05) is 31.4 Å².